The minimum Gasteiger partial charge on any atom is -0.397 e. The molecule has 0 unspecified atom stereocenters. The number of rotatable bonds is 6. The summed E-state index contributed by atoms with van der Waals surface area (Å²) < 4.78 is 0. The van der Waals surface area contributed by atoms with E-state index < -0.39 is 0 Å². The molecule has 0 atom stereocenters. The fourth-order valence-corrected chi connectivity index (χ4v) is 4.11. The first kappa shape index (κ1) is 20.0. The van der Waals surface area contributed by atoms with Crippen molar-refractivity contribution in [2.45, 2.75) is 19.3 Å². The number of hydrogen-bond donors (Lipinski definition) is 2. The van der Waals surface area contributed by atoms with E-state index in [1.54, 1.807) is 6.20 Å². The van der Waals surface area contributed by atoms with Gasteiger partial charge in [0.25, 0.3) is 0 Å². The quantitative estimate of drug-likeness (QED) is 0.462. The fourth-order valence-electron chi connectivity index (χ4n) is 4.11. The van der Waals surface area contributed by atoms with Gasteiger partial charge in [-0.05, 0) is 42.5 Å². The molecular weight excluding hydrogens is 396 g/mol. The van der Waals surface area contributed by atoms with Crippen LogP contribution in [0, 0.1) is 0 Å². The lowest BCUT2D eigenvalue weighted by Crippen LogP contribution is -2.27. The van der Waals surface area contributed by atoms with Crippen molar-refractivity contribution < 1.29 is 0 Å². The Hall–Kier alpha value is -3.93. The molecular formula is C26H26N6. The first-order chi connectivity index (χ1) is 15.8. The Bertz CT molecular complexity index is 1190. The second kappa shape index (κ2) is 9.06. The van der Waals surface area contributed by atoms with E-state index in [9.17, 15) is 0 Å². The predicted molar refractivity (Wildman–Crippen MR) is 130 cm³/mol. The summed E-state index contributed by atoms with van der Waals surface area (Å²) in [5.41, 5.74) is 11.4. The van der Waals surface area contributed by atoms with E-state index in [1.807, 2.05) is 42.5 Å². The van der Waals surface area contributed by atoms with Gasteiger partial charge < -0.3 is 16.0 Å². The summed E-state index contributed by atoms with van der Waals surface area (Å²) in [7, 11) is 0. The van der Waals surface area contributed by atoms with E-state index in [0.29, 0.717) is 11.6 Å². The third kappa shape index (κ3) is 4.25. The normalized spacial score (nSPS) is 12.9. The SMILES string of the molecule is Nc1cc2c(nc1-c1ccccc1)N(c1ccnc(NCCc3ccccc3)n1)CCC2. The highest BCUT2D eigenvalue weighted by atomic mass is 15.3. The van der Waals surface area contributed by atoms with Gasteiger partial charge >= 0.3 is 0 Å². The number of nitrogens with one attached hydrogen (secondary N) is 1. The Morgan fingerprint density at radius 1 is 0.938 bits per heavy atom. The lowest BCUT2D eigenvalue weighted by atomic mass is 10.0. The van der Waals surface area contributed by atoms with Crippen molar-refractivity contribution in [2.24, 2.45) is 0 Å². The number of nitrogen functional groups attached to an aromatic ring is 1. The minimum atomic E-state index is 0.629. The van der Waals surface area contributed by atoms with Crippen LogP contribution in [0.1, 0.15) is 17.5 Å². The van der Waals surface area contributed by atoms with E-state index in [4.69, 9.17) is 15.7 Å². The van der Waals surface area contributed by atoms with Crippen molar-refractivity contribution in [2.75, 3.05) is 29.0 Å². The van der Waals surface area contributed by atoms with Crippen LogP contribution in [-0.2, 0) is 12.8 Å². The van der Waals surface area contributed by atoms with Gasteiger partial charge in [-0.2, -0.15) is 4.98 Å². The van der Waals surface area contributed by atoms with Crippen LogP contribution in [0.5, 0.6) is 0 Å². The van der Waals surface area contributed by atoms with E-state index in [2.05, 4.69) is 45.5 Å². The molecule has 1 aliphatic rings. The second-order valence-corrected chi connectivity index (χ2v) is 7.93. The molecule has 0 spiro atoms. The van der Waals surface area contributed by atoms with Gasteiger partial charge in [0.1, 0.15) is 11.6 Å². The number of benzene rings is 2. The van der Waals surface area contributed by atoms with Crippen LogP contribution in [0.15, 0.2) is 79.0 Å². The smallest absolute Gasteiger partial charge is 0.224 e. The lowest BCUT2D eigenvalue weighted by molar-refractivity contribution is 0.746. The number of aryl methyl sites for hydroxylation is 1. The highest BCUT2D eigenvalue weighted by Gasteiger charge is 2.23. The van der Waals surface area contributed by atoms with Crippen molar-refractivity contribution in [1.29, 1.82) is 0 Å². The standard InChI is InChI=1S/C26H26N6/c27-22-18-21-12-7-17-32(25(21)31-24(22)20-10-5-2-6-11-20)23-14-16-29-26(30-23)28-15-13-19-8-3-1-4-9-19/h1-6,8-11,14,16,18H,7,12-13,15,17,27H2,(H,28,29,30). The third-order valence-corrected chi connectivity index (χ3v) is 5.70. The molecule has 3 N–H and O–H groups in total. The van der Waals surface area contributed by atoms with E-state index >= 15 is 0 Å². The molecule has 0 amide bonds. The average molecular weight is 423 g/mol. The maximum Gasteiger partial charge on any atom is 0.224 e. The minimum absolute atomic E-state index is 0.629. The fraction of sp³-hybridized carbons (Fsp3) is 0.192. The van der Waals surface area contributed by atoms with Crippen LogP contribution in [0.25, 0.3) is 11.3 Å². The van der Waals surface area contributed by atoms with Crippen LogP contribution >= 0.6 is 0 Å². The molecule has 160 valence electrons. The van der Waals surface area contributed by atoms with Gasteiger partial charge in [0.15, 0.2) is 0 Å². The topological polar surface area (TPSA) is 80.0 Å². The van der Waals surface area contributed by atoms with Crippen molar-refractivity contribution in [1.82, 2.24) is 15.0 Å². The molecule has 0 radical (unpaired) electrons. The summed E-state index contributed by atoms with van der Waals surface area (Å²) in [6, 6.07) is 24.5. The number of nitrogens with zero attached hydrogens (tertiary/aromatic N) is 4. The predicted octanol–water partition coefficient (Wildman–Crippen LogP) is 4.86. The van der Waals surface area contributed by atoms with E-state index in [1.165, 1.54) is 5.56 Å². The molecule has 6 heteroatoms. The summed E-state index contributed by atoms with van der Waals surface area (Å²) in [6.45, 7) is 1.63. The highest BCUT2D eigenvalue weighted by molar-refractivity contribution is 5.77. The van der Waals surface area contributed by atoms with Gasteiger partial charge in [-0.1, -0.05) is 60.7 Å². The van der Waals surface area contributed by atoms with Gasteiger partial charge in [-0.15, -0.1) is 0 Å². The summed E-state index contributed by atoms with van der Waals surface area (Å²) >= 11 is 0. The first-order valence-electron chi connectivity index (χ1n) is 11.0. The van der Waals surface area contributed by atoms with Crippen LogP contribution in [0.4, 0.5) is 23.3 Å². The molecule has 5 rings (SSSR count). The Balaban J connectivity index is 1.40. The molecule has 0 saturated carbocycles. The third-order valence-electron chi connectivity index (χ3n) is 5.70. The zero-order valence-corrected chi connectivity index (χ0v) is 17.9. The van der Waals surface area contributed by atoms with Crippen molar-refractivity contribution in [3.8, 4) is 11.3 Å². The van der Waals surface area contributed by atoms with Gasteiger partial charge in [0.2, 0.25) is 5.95 Å². The Morgan fingerprint density at radius 3 is 2.53 bits per heavy atom. The molecule has 0 aliphatic carbocycles. The van der Waals surface area contributed by atoms with E-state index in [0.717, 1.165) is 60.8 Å². The molecule has 4 aromatic rings. The molecule has 0 fully saturated rings. The number of fused-ring (bicyclic) bond motifs is 1. The maximum atomic E-state index is 6.37. The zero-order chi connectivity index (χ0) is 21.8. The largest absolute Gasteiger partial charge is 0.397 e. The molecule has 2 aromatic carbocycles. The Morgan fingerprint density at radius 2 is 1.72 bits per heavy atom. The summed E-state index contributed by atoms with van der Waals surface area (Å²) in [4.78, 5) is 16.4. The Labute approximate surface area is 188 Å². The van der Waals surface area contributed by atoms with Gasteiger partial charge in [-0.3, -0.25) is 0 Å². The molecule has 0 bridgehead atoms. The molecule has 3 heterocycles. The van der Waals surface area contributed by atoms with Gasteiger partial charge in [0.05, 0.1) is 11.4 Å². The van der Waals surface area contributed by atoms with Gasteiger partial charge in [0, 0.05) is 24.8 Å². The lowest BCUT2D eigenvalue weighted by Gasteiger charge is -2.30. The van der Waals surface area contributed by atoms with Crippen molar-refractivity contribution >= 4 is 23.3 Å². The zero-order valence-electron chi connectivity index (χ0n) is 17.9. The van der Waals surface area contributed by atoms with E-state index in [-0.39, 0.29) is 0 Å². The van der Waals surface area contributed by atoms with Crippen molar-refractivity contribution in [3.63, 3.8) is 0 Å². The number of anilines is 4. The molecule has 0 saturated heterocycles. The van der Waals surface area contributed by atoms with Crippen LogP contribution in [-0.4, -0.2) is 28.0 Å². The highest BCUT2D eigenvalue weighted by Crippen LogP contribution is 2.36. The number of hydrogen-bond acceptors (Lipinski definition) is 6. The Kier molecular flexibility index (Phi) is 5.66. The summed E-state index contributed by atoms with van der Waals surface area (Å²) in [6.07, 6.45) is 4.71. The van der Waals surface area contributed by atoms with Crippen molar-refractivity contribution in [3.05, 3.63) is 90.1 Å². The molecule has 6 nitrogen and oxygen atoms in total. The monoisotopic (exact) mass is 422 g/mol. The molecule has 1 aliphatic heterocycles. The van der Waals surface area contributed by atoms with Crippen LogP contribution in [0.2, 0.25) is 0 Å². The summed E-state index contributed by atoms with van der Waals surface area (Å²) in [5.74, 6) is 2.40. The average Bonchev–Trinajstić information content (AvgIpc) is 2.84. The van der Waals surface area contributed by atoms with Crippen LogP contribution < -0.4 is 16.0 Å². The first-order valence-corrected chi connectivity index (χ1v) is 11.0. The van der Waals surface area contributed by atoms with Crippen LogP contribution in [0.3, 0.4) is 0 Å². The number of nitrogens with two attached hydrogens (primary N) is 1. The summed E-state index contributed by atoms with van der Waals surface area (Å²) in [5, 5.41) is 3.35. The molecule has 2 aromatic heterocycles. The maximum absolute atomic E-state index is 6.37. The van der Waals surface area contributed by atoms with Gasteiger partial charge in [-0.25, -0.2) is 9.97 Å². The second-order valence-electron chi connectivity index (χ2n) is 7.93. The number of pyridine rings is 1. The number of aromatic nitrogens is 3. The molecule has 32 heavy (non-hydrogen) atoms.